The highest BCUT2D eigenvalue weighted by Gasteiger charge is 2.29. The molecule has 1 aliphatic rings. The zero-order chi connectivity index (χ0) is 20.8. The van der Waals surface area contributed by atoms with E-state index in [1.165, 1.54) is 14.3 Å². The first kappa shape index (κ1) is 20.1. The molecule has 2 heterocycles. The van der Waals surface area contributed by atoms with E-state index < -0.39 is 20.0 Å². The number of hydrogen-bond acceptors (Lipinski definition) is 4. The molecule has 1 aromatic heterocycles. The van der Waals surface area contributed by atoms with Gasteiger partial charge in [0.05, 0.1) is 15.3 Å². The van der Waals surface area contributed by atoms with Crippen LogP contribution in [0.3, 0.4) is 0 Å². The third kappa shape index (κ3) is 3.49. The molecular formula is C21H24N2O4S2. The Bertz CT molecular complexity index is 1250. The van der Waals surface area contributed by atoms with Gasteiger partial charge in [-0.05, 0) is 61.6 Å². The van der Waals surface area contributed by atoms with E-state index in [1.807, 2.05) is 0 Å². The summed E-state index contributed by atoms with van der Waals surface area (Å²) in [6.07, 6.45) is 3.25. The maximum atomic E-state index is 13.1. The Morgan fingerprint density at radius 3 is 2.17 bits per heavy atom. The van der Waals surface area contributed by atoms with Crippen LogP contribution in [0.4, 0.5) is 0 Å². The summed E-state index contributed by atoms with van der Waals surface area (Å²) in [6.45, 7) is 4.96. The molecular weight excluding hydrogens is 408 g/mol. The summed E-state index contributed by atoms with van der Waals surface area (Å²) >= 11 is 0. The number of sulfonamides is 1. The van der Waals surface area contributed by atoms with Gasteiger partial charge in [0.25, 0.3) is 10.0 Å². The fourth-order valence-electron chi connectivity index (χ4n) is 3.78. The molecule has 0 radical (unpaired) electrons. The number of fused-ring (bicyclic) bond motifs is 1. The molecule has 0 saturated carbocycles. The maximum absolute atomic E-state index is 13.1. The van der Waals surface area contributed by atoms with Crippen molar-refractivity contribution in [2.24, 2.45) is 5.92 Å². The monoisotopic (exact) mass is 432 g/mol. The van der Waals surface area contributed by atoms with Crippen LogP contribution in [0.25, 0.3) is 10.9 Å². The lowest BCUT2D eigenvalue weighted by Gasteiger charge is -2.29. The van der Waals surface area contributed by atoms with Gasteiger partial charge in [-0.1, -0.05) is 25.1 Å². The van der Waals surface area contributed by atoms with E-state index in [0.29, 0.717) is 35.5 Å². The van der Waals surface area contributed by atoms with Crippen molar-refractivity contribution in [1.29, 1.82) is 0 Å². The minimum atomic E-state index is -3.76. The predicted molar refractivity (Wildman–Crippen MR) is 113 cm³/mol. The lowest BCUT2D eigenvalue weighted by Crippen LogP contribution is -2.37. The van der Waals surface area contributed by atoms with Crippen LogP contribution in [0.1, 0.15) is 25.3 Å². The maximum Gasteiger partial charge on any atom is 0.268 e. The number of benzene rings is 2. The van der Waals surface area contributed by atoms with Crippen molar-refractivity contribution < 1.29 is 16.8 Å². The lowest BCUT2D eigenvalue weighted by molar-refractivity contribution is 0.288. The van der Waals surface area contributed by atoms with Crippen LogP contribution < -0.4 is 0 Å². The number of rotatable bonds is 4. The van der Waals surface area contributed by atoms with Gasteiger partial charge in [-0.15, -0.1) is 0 Å². The first-order valence-electron chi connectivity index (χ1n) is 9.64. The van der Waals surface area contributed by atoms with Gasteiger partial charge in [-0.3, -0.25) is 0 Å². The first-order valence-corrected chi connectivity index (χ1v) is 12.5. The Morgan fingerprint density at radius 1 is 0.862 bits per heavy atom. The van der Waals surface area contributed by atoms with Crippen molar-refractivity contribution in [3.63, 3.8) is 0 Å². The normalized spacial score (nSPS) is 17.0. The summed E-state index contributed by atoms with van der Waals surface area (Å²) in [5.41, 5.74) is 1.18. The van der Waals surface area contributed by atoms with Gasteiger partial charge in [-0.2, -0.15) is 4.31 Å². The minimum absolute atomic E-state index is 0.191. The molecule has 0 atom stereocenters. The SMILES string of the molecule is Cc1cn(S(=O)(=O)c2ccccc2)c2ccc(S(=O)(=O)N3CCC(C)CC3)cc12. The van der Waals surface area contributed by atoms with Crippen molar-refractivity contribution in [3.05, 3.63) is 60.3 Å². The summed E-state index contributed by atoms with van der Waals surface area (Å²) < 4.78 is 55.0. The average Bonchev–Trinajstić information content (AvgIpc) is 3.06. The Balaban J connectivity index is 1.78. The molecule has 3 aromatic rings. The van der Waals surface area contributed by atoms with Crippen LogP contribution in [0, 0.1) is 12.8 Å². The van der Waals surface area contributed by atoms with Gasteiger partial charge in [-0.25, -0.2) is 20.8 Å². The van der Waals surface area contributed by atoms with E-state index in [-0.39, 0.29) is 9.79 Å². The molecule has 154 valence electrons. The molecule has 1 aliphatic heterocycles. The third-order valence-corrected chi connectivity index (χ3v) is 9.20. The van der Waals surface area contributed by atoms with Crippen molar-refractivity contribution in [2.45, 2.75) is 36.5 Å². The summed E-state index contributed by atoms with van der Waals surface area (Å²) in [5, 5.41) is 0.621. The summed E-state index contributed by atoms with van der Waals surface area (Å²) in [6, 6.07) is 12.9. The second-order valence-electron chi connectivity index (χ2n) is 7.69. The Morgan fingerprint density at radius 2 is 1.52 bits per heavy atom. The molecule has 8 heteroatoms. The van der Waals surface area contributed by atoms with E-state index in [2.05, 4.69) is 6.92 Å². The van der Waals surface area contributed by atoms with E-state index in [9.17, 15) is 16.8 Å². The number of piperidine rings is 1. The molecule has 4 rings (SSSR count). The number of aromatic nitrogens is 1. The highest BCUT2D eigenvalue weighted by Crippen LogP contribution is 2.30. The Hall–Kier alpha value is -2.16. The van der Waals surface area contributed by atoms with Gasteiger partial charge in [0, 0.05) is 24.7 Å². The molecule has 29 heavy (non-hydrogen) atoms. The fourth-order valence-corrected chi connectivity index (χ4v) is 6.72. The Kier molecular flexibility index (Phi) is 5.04. The highest BCUT2D eigenvalue weighted by atomic mass is 32.2. The molecule has 2 aromatic carbocycles. The van der Waals surface area contributed by atoms with Crippen molar-refractivity contribution >= 4 is 30.9 Å². The van der Waals surface area contributed by atoms with Crippen LogP contribution in [-0.2, 0) is 20.0 Å². The van der Waals surface area contributed by atoms with Crippen LogP contribution >= 0.6 is 0 Å². The largest absolute Gasteiger partial charge is 0.268 e. The van der Waals surface area contributed by atoms with Crippen LogP contribution in [0.5, 0.6) is 0 Å². The van der Waals surface area contributed by atoms with E-state index >= 15 is 0 Å². The quantitative estimate of drug-likeness (QED) is 0.631. The number of aryl methyl sites for hydroxylation is 1. The molecule has 0 unspecified atom stereocenters. The zero-order valence-electron chi connectivity index (χ0n) is 16.4. The molecule has 0 spiro atoms. The molecule has 0 amide bonds. The molecule has 1 fully saturated rings. The standard InChI is InChI=1S/C21H24N2O4S2/c1-16-10-12-22(13-11-16)28(24,25)19-8-9-21-20(14-19)17(2)15-23(21)29(26,27)18-6-4-3-5-7-18/h3-9,14-16H,10-13H2,1-2H3. The second kappa shape index (κ2) is 7.27. The van der Waals surface area contributed by atoms with Crippen LogP contribution in [-0.4, -0.2) is 38.2 Å². The van der Waals surface area contributed by atoms with Gasteiger partial charge in [0.2, 0.25) is 10.0 Å². The smallest absolute Gasteiger partial charge is 0.241 e. The number of nitrogens with zero attached hydrogens (tertiary/aromatic N) is 2. The third-order valence-electron chi connectivity index (χ3n) is 5.62. The van der Waals surface area contributed by atoms with Crippen molar-refractivity contribution in [2.75, 3.05) is 13.1 Å². The highest BCUT2D eigenvalue weighted by molar-refractivity contribution is 7.90. The number of hydrogen-bond donors (Lipinski definition) is 0. The molecule has 6 nitrogen and oxygen atoms in total. The fraction of sp³-hybridized carbons (Fsp3) is 0.333. The predicted octanol–water partition coefficient (Wildman–Crippen LogP) is 3.61. The molecule has 0 bridgehead atoms. The van der Waals surface area contributed by atoms with E-state index in [4.69, 9.17) is 0 Å². The molecule has 1 saturated heterocycles. The van der Waals surface area contributed by atoms with Gasteiger partial charge in [0.1, 0.15) is 0 Å². The molecule has 0 aliphatic carbocycles. The van der Waals surface area contributed by atoms with Gasteiger partial charge in [0.15, 0.2) is 0 Å². The van der Waals surface area contributed by atoms with Gasteiger partial charge >= 0.3 is 0 Å². The lowest BCUT2D eigenvalue weighted by atomic mass is 10.0. The van der Waals surface area contributed by atoms with Crippen LogP contribution in [0.15, 0.2) is 64.5 Å². The minimum Gasteiger partial charge on any atom is -0.241 e. The van der Waals surface area contributed by atoms with Crippen molar-refractivity contribution in [3.8, 4) is 0 Å². The summed E-state index contributed by atoms with van der Waals surface area (Å²) in [5.74, 6) is 0.531. The first-order chi connectivity index (χ1) is 13.7. The van der Waals surface area contributed by atoms with Gasteiger partial charge < -0.3 is 0 Å². The topological polar surface area (TPSA) is 76.5 Å². The second-order valence-corrected chi connectivity index (χ2v) is 11.4. The van der Waals surface area contributed by atoms with E-state index in [1.54, 1.807) is 55.6 Å². The summed E-state index contributed by atoms with van der Waals surface area (Å²) in [7, 11) is -7.36. The Labute approximate surface area is 171 Å². The molecule has 0 N–H and O–H groups in total. The van der Waals surface area contributed by atoms with Crippen molar-refractivity contribution in [1.82, 2.24) is 8.28 Å². The summed E-state index contributed by atoms with van der Waals surface area (Å²) in [4.78, 5) is 0.397. The van der Waals surface area contributed by atoms with Crippen LogP contribution in [0.2, 0.25) is 0 Å². The zero-order valence-corrected chi connectivity index (χ0v) is 18.1. The average molecular weight is 433 g/mol. The van der Waals surface area contributed by atoms with E-state index in [0.717, 1.165) is 12.8 Å².